The van der Waals surface area contributed by atoms with Gasteiger partial charge in [-0.25, -0.2) is 4.79 Å². The zero-order chi connectivity index (χ0) is 24.1. The number of benzene rings is 1. The summed E-state index contributed by atoms with van der Waals surface area (Å²) in [5.74, 6) is 1.49. The molecule has 0 radical (unpaired) electrons. The van der Waals surface area contributed by atoms with Crippen LogP contribution in [0.25, 0.3) is 0 Å². The number of anilines is 1. The minimum Gasteiger partial charge on any atom is -0.488 e. The van der Waals surface area contributed by atoms with Gasteiger partial charge >= 0.3 is 6.03 Å². The lowest BCUT2D eigenvalue weighted by atomic mass is 10.0. The highest BCUT2D eigenvalue weighted by Gasteiger charge is 2.32. The maximum absolute atomic E-state index is 13.2. The van der Waals surface area contributed by atoms with Crippen LogP contribution in [0.5, 0.6) is 5.75 Å². The van der Waals surface area contributed by atoms with Gasteiger partial charge in [0.1, 0.15) is 11.9 Å². The Balaban J connectivity index is 1.86. The van der Waals surface area contributed by atoms with Gasteiger partial charge in [0.25, 0.3) is 0 Å². The predicted molar refractivity (Wildman–Crippen MR) is 129 cm³/mol. The fourth-order valence-electron chi connectivity index (χ4n) is 4.28. The van der Waals surface area contributed by atoms with Crippen LogP contribution in [0.15, 0.2) is 18.2 Å². The number of carbonyl (C=O) groups excluding carboxylic acids is 2. The fourth-order valence-corrected chi connectivity index (χ4v) is 4.28. The average Bonchev–Trinajstić information content (AvgIpc) is 3.54. The highest BCUT2D eigenvalue weighted by atomic mass is 16.5. The summed E-state index contributed by atoms with van der Waals surface area (Å²) in [6, 6.07) is 4.93. The molecule has 8 heteroatoms. The van der Waals surface area contributed by atoms with Crippen LogP contribution in [-0.4, -0.2) is 78.3 Å². The molecular weight excluding hydrogens is 420 g/mol. The average molecular weight is 461 g/mol. The maximum Gasteiger partial charge on any atom is 0.319 e. The van der Waals surface area contributed by atoms with Gasteiger partial charge in [-0.1, -0.05) is 6.92 Å². The number of rotatable bonds is 8. The molecule has 1 aromatic rings. The number of nitrogens with zero attached hydrogens (tertiary/aromatic N) is 2. The number of hydrogen-bond donors (Lipinski definition) is 3. The van der Waals surface area contributed by atoms with Gasteiger partial charge < -0.3 is 30.3 Å². The molecule has 2 aliphatic rings. The molecule has 1 fully saturated rings. The van der Waals surface area contributed by atoms with E-state index in [9.17, 15) is 14.7 Å². The zero-order valence-corrected chi connectivity index (χ0v) is 20.6. The van der Waals surface area contributed by atoms with E-state index in [1.54, 1.807) is 4.90 Å². The van der Waals surface area contributed by atoms with E-state index in [1.165, 1.54) is 12.8 Å². The molecule has 0 aromatic heterocycles. The van der Waals surface area contributed by atoms with E-state index in [-0.39, 0.29) is 49.1 Å². The van der Waals surface area contributed by atoms with E-state index in [4.69, 9.17) is 4.74 Å². The smallest absolute Gasteiger partial charge is 0.319 e. The van der Waals surface area contributed by atoms with E-state index in [0.717, 1.165) is 24.6 Å². The van der Waals surface area contributed by atoms with Crippen molar-refractivity contribution in [2.45, 2.75) is 65.1 Å². The van der Waals surface area contributed by atoms with E-state index in [1.807, 2.05) is 39.0 Å². The normalized spacial score (nSPS) is 22.2. The standard InChI is InChI=1S/C25H40N4O4/c1-16(2)26-25(32)27-21-8-9-22-20(10-21)11-24(31)29(18(4)15-30)12-17(3)23(33-22)14-28(5)13-19-6-7-19/h8-10,16-19,23,30H,6-7,11-15H2,1-5H3,(H2,26,27,32)/t17-,18-,23-/m0/s1. The van der Waals surface area contributed by atoms with Gasteiger partial charge in [-0.3, -0.25) is 4.79 Å². The number of amides is 3. The number of carbonyl (C=O) groups is 2. The van der Waals surface area contributed by atoms with Crippen LogP contribution in [0.4, 0.5) is 10.5 Å². The van der Waals surface area contributed by atoms with Crippen molar-refractivity contribution in [3.05, 3.63) is 23.8 Å². The van der Waals surface area contributed by atoms with Crippen molar-refractivity contribution in [1.82, 2.24) is 15.1 Å². The van der Waals surface area contributed by atoms with Gasteiger partial charge in [0.2, 0.25) is 5.91 Å². The quantitative estimate of drug-likeness (QED) is 0.555. The van der Waals surface area contributed by atoms with Gasteiger partial charge in [-0.05, 0) is 64.8 Å². The molecule has 3 N–H and O–H groups in total. The van der Waals surface area contributed by atoms with Gasteiger partial charge in [0, 0.05) is 42.8 Å². The number of urea groups is 1. The van der Waals surface area contributed by atoms with Gasteiger partial charge in [-0.15, -0.1) is 0 Å². The van der Waals surface area contributed by atoms with Crippen molar-refractivity contribution in [2.75, 3.05) is 38.6 Å². The number of ether oxygens (including phenoxy) is 1. The summed E-state index contributed by atoms with van der Waals surface area (Å²) in [5.41, 5.74) is 1.35. The van der Waals surface area contributed by atoms with Crippen LogP contribution in [0, 0.1) is 11.8 Å². The van der Waals surface area contributed by atoms with Crippen molar-refractivity contribution in [2.24, 2.45) is 11.8 Å². The second kappa shape index (κ2) is 11.2. The molecule has 3 amide bonds. The van der Waals surface area contributed by atoms with Gasteiger partial charge in [-0.2, -0.15) is 0 Å². The highest BCUT2D eigenvalue weighted by molar-refractivity contribution is 5.90. The number of aliphatic hydroxyl groups is 1. The number of aliphatic hydroxyl groups excluding tert-OH is 1. The highest BCUT2D eigenvalue weighted by Crippen LogP contribution is 2.31. The summed E-state index contributed by atoms with van der Waals surface area (Å²) in [7, 11) is 2.13. The van der Waals surface area contributed by atoms with E-state index in [0.29, 0.717) is 18.0 Å². The second-order valence-electron chi connectivity index (χ2n) is 10.1. The zero-order valence-electron chi connectivity index (χ0n) is 20.6. The Morgan fingerprint density at radius 2 is 2.00 bits per heavy atom. The molecule has 1 aliphatic heterocycles. The Bertz CT molecular complexity index is 827. The van der Waals surface area contributed by atoms with Crippen molar-refractivity contribution >= 4 is 17.6 Å². The molecule has 3 atom stereocenters. The Morgan fingerprint density at radius 3 is 2.64 bits per heavy atom. The van der Waals surface area contributed by atoms with Gasteiger partial charge in [0.15, 0.2) is 0 Å². The molecular formula is C25H40N4O4. The Kier molecular flexibility index (Phi) is 8.59. The largest absolute Gasteiger partial charge is 0.488 e. The monoisotopic (exact) mass is 460 g/mol. The van der Waals surface area contributed by atoms with Crippen LogP contribution in [-0.2, 0) is 11.2 Å². The summed E-state index contributed by atoms with van der Waals surface area (Å²) in [5, 5.41) is 15.4. The summed E-state index contributed by atoms with van der Waals surface area (Å²) < 4.78 is 6.53. The minimum absolute atomic E-state index is 0.0196. The first-order valence-electron chi connectivity index (χ1n) is 12.1. The molecule has 1 aromatic carbocycles. The SMILES string of the molecule is CC(C)NC(=O)Nc1ccc2c(c1)CC(=O)N([C@@H](C)CO)C[C@H](C)[C@H](CN(C)CC1CC1)O2. The lowest BCUT2D eigenvalue weighted by Gasteiger charge is -2.34. The summed E-state index contributed by atoms with van der Waals surface area (Å²) in [6.45, 7) is 10.0. The number of hydrogen-bond acceptors (Lipinski definition) is 5. The third-order valence-electron chi connectivity index (χ3n) is 6.35. The third-order valence-corrected chi connectivity index (χ3v) is 6.35. The molecule has 8 nitrogen and oxygen atoms in total. The first-order chi connectivity index (χ1) is 15.7. The first kappa shape index (κ1) is 25.3. The number of likely N-dealkylation sites (N-methyl/N-ethyl adjacent to an activating group) is 1. The maximum atomic E-state index is 13.2. The topological polar surface area (TPSA) is 94.1 Å². The molecule has 1 saturated carbocycles. The minimum atomic E-state index is -0.288. The molecule has 184 valence electrons. The number of nitrogens with one attached hydrogen (secondary N) is 2. The van der Waals surface area contributed by atoms with E-state index >= 15 is 0 Å². The van der Waals surface area contributed by atoms with Crippen LogP contribution >= 0.6 is 0 Å². The van der Waals surface area contributed by atoms with Crippen molar-refractivity contribution in [1.29, 1.82) is 0 Å². The molecule has 3 rings (SSSR count). The van der Waals surface area contributed by atoms with Crippen LogP contribution < -0.4 is 15.4 Å². The lowest BCUT2D eigenvalue weighted by Crippen LogP contribution is -2.47. The van der Waals surface area contributed by atoms with Crippen LogP contribution in [0.1, 0.15) is 46.1 Å². The molecule has 1 heterocycles. The van der Waals surface area contributed by atoms with Crippen molar-refractivity contribution in [3.63, 3.8) is 0 Å². The van der Waals surface area contributed by atoms with Gasteiger partial charge in [0.05, 0.1) is 19.1 Å². The van der Waals surface area contributed by atoms with E-state index < -0.39 is 0 Å². The van der Waals surface area contributed by atoms with Crippen molar-refractivity contribution < 1.29 is 19.4 Å². The fraction of sp³-hybridized carbons (Fsp3) is 0.680. The second-order valence-corrected chi connectivity index (χ2v) is 10.1. The molecule has 1 aliphatic carbocycles. The molecule has 33 heavy (non-hydrogen) atoms. The lowest BCUT2D eigenvalue weighted by molar-refractivity contribution is -0.134. The summed E-state index contributed by atoms with van der Waals surface area (Å²) >= 11 is 0. The predicted octanol–water partition coefficient (Wildman–Crippen LogP) is 2.71. The molecule has 0 unspecified atom stereocenters. The van der Waals surface area contributed by atoms with E-state index in [2.05, 4.69) is 29.5 Å². The Morgan fingerprint density at radius 1 is 1.27 bits per heavy atom. The van der Waals surface area contributed by atoms with Crippen molar-refractivity contribution in [3.8, 4) is 5.75 Å². The summed E-state index contributed by atoms with van der Waals surface area (Å²) in [4.78, 5) is 29.5. The first-order valence-corrected chi connectivity index (χ1v) is 12.1. The molecule has 0 saturated heterocycles. The Labute approximate surface area is 197 Å². The third kappa shape index (κ3) is 7.33. The number of fused-ring (bicyclic) bond motifs is 1. The Hall–Kier alpha value is -2.32. The van der Waals surface area contributed by atoms with Crippen LogP contribution in [0.3, 0.4) is 0 Å². The summed E-state index contributed by atoms with van der Waals surface area (Å²) in [6.07, 6.45) is 2.64. The molecule has 0 bridgehead atoms. The molecule has 0 spiro atoms. The van der Waals surface area contributed by atoms with Crippen LogP contribution in [0.2, 0.25) is 0 Å².